The zero-order valence-electron chi connectivity index (χ0n) is 14.4. The molecular weight excluding hydrogens is 464 g/mol. The quantitative estimate of drug-likeness (QED) is 0.281. The van der Waals surface area contributed by atoms with Crippen LogP contribution in [0.5, 0.6) is 5.75 Å². The molecule has 3 aromatic rings. The average molecular weight is 477 g/mol. The molecule has 0 saturated carbocycles. The highest BCUT2D eigenvalue weighted by atomic mass is 79.9. The fraction of sp³-hybridized carbons (Fsp3) is 0.0455. The first-order valence-electron chi connectivity index (χ1n) is 8.20. The Bertz CT molecular complexity index is 1090. The zero-order chi connectivity index (χ0) is 20.1. The third-order valence-electron chi connectivity index (χ3n) is 3.90. The van der Waals surface area contributed by atoms with Gasteiger partial charge in [-0.2, -0.15) is 5.26 Å². The molecule has 0 aliphatic rings. The maximum absolute atomic E-state index is 13.4. The predicted octanol–water partition coefficient (Wildman–Crippen LogP) is 7.54. The number of allylic oxidation sites excluding steroid dienone is 1. The van der Waals surface area contributed by atoms with Crippen LogP contribution in [0.15, 0.2) is 65.1 Å². The molecule has 0 bridgehead atoms. The van der Waals surface area contributed by atoms with Crippen molar-refractivity contribution in [2.24, 2.45) is 0 Å². The molecule has 2 nitrogen and oxygen atoms in total. The van der Waals surface area contributed by atoms with Crippen molar-refractivity contribution in [3.05, 3.63) is 97.7 Å². The van der Waals surface area contributed by atoms with Crippen molar-refractivity contribution in [2.75, 3.05) is 0 Å². The second kappa shape index (κ2) is 9.25. The van der Waals surface area contributed by atoms with Crippen LogP contribution in [0.2, 0.25) is 10.0 Å². The third-order valence-corrected chi connectivity index (χ3v) is 5.26. The number of halogens is 4. The highest BCUT2D eigenvalue weighted by Crippen LogP contribution is 2.29. The first-order chi connectivity index (χ1) is 13.5. The van der Waals surface area contributed by atoms with E-state index in [0.717, 1.165) is 15.6 Å². The summed E-state index contributed by atoms with van der Waals surface area (Å²) in [4.78, 5) is 0. The van der Waals surface area contributed by atoms with E-state index in [1.54, 1.807) is 36.4 Å². The molecule has 0 aromatic heterocycles. The first kappa shape index (κ1) is 20.4. The smallest absolute Gasteiger partial charge is 0.134 e. The average Bonchev–Trinajstić information content (AvgIpc) is 2.68. The number of rotatable bonds is 5. The highest BCUT2D eigenvalue weighted by Gasteiger charge is 2.07. The maximum atomic E-state index is 13.4. The molecule has 0 heterocycles. The van der Waals surface area contributed by atoms with Gasteiger partial charge in [-0.25, -0.2) is 4.39 Å². The summed E-state index contributed by atoms with van der Waals surface area (Å²) in [7, 11) is 0. The number of ether oxygens (including phenoxy) is 1. The molecule has 0 unspecified atom stereocenters. The van der Waals surface area contributed by atoms with Gasteiger partial charge in [0.05, 0.1) is 26.2 Å². The second-order valence-electron chi connectivity index (χ2n) is 5.91. The van der Waals surface area contributed by atoms with Gasteiger partial charge in [0, 0.05) is 0 Å². The lowest BCUT2D eigenvalue weighted by Gasteiger charge is -2.10. The van der Waals surface area contributed by atoms with E-state index in [2.05, 4.69) is 22.0 Å². The normalized spacial score (nSPS) is 11.2. The molecular formula is C22H13BrCl2FNO. The molecule has 0 atom stereocenters. The van der Waals surface area contributed by atoms with Crippen molar-refractivity contribution in [3.63, 3.8) is 0 Å². The molecule has 0 radical (unpaired) electrons. The van der Waals surface area contributed by atoms with E-state index in [1.165, 1.54) is 12.1 Å². The predicted molar refractivity (Wildman–Crippen MR) is 115 cm³/mol. The fourth-order valence-electron chi connectivity index (χ4n) is 2.52. The molecule has 0 N–H and O–H groups in total. The molecule has 0 saturated heterocycles. The minimum atomic E-state index is -0.383. The van der Waals surface area contributed by atoms with E-state index in [-0.39, 0.29) is 5.82 Å². The molecule has 140 valence electrons. The molecule has 3 rings (SSSR count). The van der Waals surface area contributed by atoms with Gasteiger partial charge in [0.2, 0.25) is 0 Å². The fourth-order valence-corrected chi connectivity index (χ4v) is 3.35. The van der Waals surface area contributed by atoms with Gasteiger partial charge in [-0.3, -0.25) is 0 Å². The van der Waals surface area contributed by atoms with E-state index < -0.39 is 0 Å². The summed E-state index contributed by atoms with van der Waals surface area (Å²) in [6, 6.07) is 18.8. The Morgan fingerprint density at radius 1 is 1.07 bits per heavy atom. The Labute approximate surface area is 180 Å². The largest absolute Gasteiger partial charge is 0.488 e. The van der Waals surface area contributed by atoms with Crippen LogP contribution >= 0.6 is 39.1 Å². The number of nitriles is 1. The van der Waals surface area contributed by atoms with Crippen LogP contribution < -0.4 is 4.74 Å². The van der Waals surface area contributed by atoms with Gasteiger partial charge in [0.1, 0.15) is 18.2 Å². The van der Waals surface area contributed by atoms with Crippen molar-refractivity contribution in [1.29, 1.82) is 5.26 Å². The minimum Gasteiger partial charge on any atom is -0.488 e. The maximum Gasteiger partial charge on any atom is 0.134 e. The Hall–Kier alpha value is -2.32. The minimum absolute atomic E-state index is 0.331. The van der Waals surface area contributed by atoms with E-state index >= 15 is 0 Å². The summed E-state index contributed by atoms with van der Waals surface area (Å²) >= 11 is 15.4. The Balaban J connectivity index is 1.78. The molecule has 0 fully saturated rings. The molecule has 0 aliphatic carbocycles. The van der Waals surface area contributed by atoms with Crippen LogP contribution in [0.3, 0.4) is 0 Å². The van der Waals surface area contributed by atoms with Crippen molar-refractivity contribution in [3.8, 4) is 11.8 Å². The van der Waals surface area contributed by atoms with Gasteiger partial charge in [0.25, 0.3) is 0 Å². The van der Waals surface area contributed by atoms with Gasteiger partial charge < -0.3 is 4.74 Å². The van der Waals surface area contributed by atoms with Gasteiger partial charge in [-0.05, 0) is 75.1 Å². The summed E-state index contributed by atoms with van der Waals surface area (Å²) in [5.41, 5.74) is 2.58. The van der Waals surface area contributed by atoms with E-state index in [4.69, 9.17) is 27.9 Å². The van der Waals surface area contributed by atoms with Gasteiger partial charge in [0.15, 0.2) is 0 Å². The monoisotopic (exact) mass is 475 g/mol. The van der Waals surface area contributed by atoms with Crippen LogP contribution in [0.1, 0.15) is 16.7 Å². The number of hydrogen-bond donors (Lipinski definition) is 0. The Morgan fingerprint density at radius 3 is 2.57 bits per heavy atom. The first-order valence-corrected chi connectivity index (χ1v) is 9.75. The second-order valence-corrected chi connectivity index (χ2v) is 7.58. The van der Waals surface area contributed by atoms with Crippen molar-refractivity contribution in [1.82, 2.24) is 0 Å². The van der Waals surface area contributed by atoms with Crippen LogP contribution in [-0.4, -0.2) is 0 Å². The lowest BCUT2D eigenvalue weighted by Crippen LogP contribution is -1.96. The van der Waals surface area contributed by atoms with Gasteiger partial charge in [-0.1, -0.05) is 47.5 Å². The molecule has 3 aromatic carbocycles. The summed E-state index contributed by atoms with van der Waals surface area (Å²) in [5.74, 6) is 0.262. The number of nitrogens with zero attached hydrogens (tertiary/aromatic N) is 1. The van der Waals surface area contributed by atoms with E-state index in [0.29, 0.717) is 33.5 Å². The van der Waals surface area contributed by atoms with Crippen molar-refractivity contribution < 1.29 is 9.13 Å². The summed E-state index contributed by atoms with van der Waals surface area (Å²) in [6.45, 7) is 0.331. The molecule has 0 aliphatic heterocycles. The number of benzene rings is 3. The van der Waals surface area contributed by atoms with Crippen LogP contribution in [-0.2, 0) is 6.61 Å². The summed E-state index contributed by atoms with van der Waals surface area (Å²) in [5, 5.41) is 10.4. The highest BCUT2D eigenvalue weighted by molar-refractivity contribution is 9.10. The van der Waals surface area contributed by atoms with Crippen LogP contribution in [0.4, 0.5) is 4.39 Å². The SMILES string of the molecule is N#C/C(=C/c1ccc(OCc2ccc(Cl)c(Cl)c2)c(Br)c1)c1cccc(F)c1. The zero-order valence-corrected chi connectivity index (χ0v) is 17.5. The number of hydrogen-bond acceptors (Lipinski definition) is 2. The lowest BCUT2D eigenvalue weighted by atomic mass is 10.0. The topological polar surface area (TPSA) is 33.0 Å². The molecule has 6 heteroatoms. The van der Waals surface area contributed by atoms with E-state index in [9.17, 15) is 9.65 Å². The van der Waals surface area contributed by atoms with E-state index in [1.807, 2.05) is 18.2 Å². The van der Waals surface area contributed by atoms with Crippen LogP contribution in [0.25, 0.3) is 11.6 Å². The van der Waals surface area contributed by atoms with Crippen molar-refractivity contribution >= 4 is 50.8 Å². The molecule has 0 spiro atoms. The summed E-state index contributed by atoms with van der Waals surface area (Å²) in [6.07, 6.45) is 1.70. The molecule has 0 amide bonds. The standard InChI is InChI=1S/C22H13BrCl2FNO/c23-19-9-14(8-17(12-27)16-2-1-3-18(26)11-16)5-7-22(19)28-13-15-4-6-20(24)21(25)10-15/h1-11H,13H2/b17-8-. The van der Waals surface area contributed by atoms with Crippen molar-refractivity contribution in [2.45, 2.75) is 6.61 Å². The lowest BCUT2D eigenvalue weighted by molar-refractivity contribution is 0.304. The Morgan fingerprint density at radius 2 is 1.89 bits per heavy atom. The molecule has 28 heavy (non-hydrogen) atoms. The Kier molecular flexibility index (Phi) is 6.74. The van der Waals surface area contributed by atoms with Crippen LogP contribution in [0, 0.1) is 17.1 Å². The van der Waals surface area contributed by atoms with Gasteiger partial charge >= 0.3 is 0 Å². The third kappa shape index (κ3) is 5.14. The summed E-state index contributed by atoms with van der Waals surface area (Å²) < 4.78 is 20.0. The van der Waals surface area contributed by atoms with Gasteiger partial charge in [-0.15, -0.1) is 0 Å².